The number of halogens is 1. The Morgan fingerprint density at radius 1 is 1.48 bits per heavy atom. The Morgan fingerprint density at radius 2 is 2.24 bits per heavy atom. The summed E-state index contributed by atoms with van der Waals surface area (Å²) in [5.41, 5.74) is 0.915. The topological polar surface area (TPSA) is 70.8 Å². The smallest absolute Gasteiger partial charge is 0.328 e. The van der Waals surface area contributed by atoms with Gasteiger partial charge >= 0.3 is 5.97 Å². The predicted octanol–water partition coefficient (Wildman–Crippen LogP) is 3.36. The first-order valence-corrected chi connectivity index (χ1v) is 7.20. The molecule has 110 valence electrons. The Balaban J connectivity index is 2.01. The molecule has 0 aliphatic heterocycles. The zero-order chi connectivity index (χ0) is 15.4. The quantitative estimate of drug-likeness (QED) is 0.856. The van der Waals surface area contributed by atoms with E-state index in [1.54, 1.807) is 7.05 Å². The van der Waals surface area contributed by atoms with E-state index in [2.05, 4.69) is 0 Å². The van der Waals surface area contributed by atoms with E-state index in [1.165, 1.54) is 34.4 Å². The van der Waals surface area contributed by atoms with Gasteiger partial charge in [-0.25, -0.2) is 4.79 Å². The van der Waals surface area contributed by atoms with E-state index in [-0.39, 0.29) is 16.9 Å². The van der Waals surface area contributed by atoms with Crippen molar-refractivity contribution >= 4 is 40.9 Å². The highest BCUT2D eigenvalue weighted by Gasteiger charge is 2.16. The fourth-order valence-electron chi connectivity index (χ4n) is 1.68. The van der Waals surface area contributed by atoms with Crippen LogP contribution in [-0.2, 0) is 11.3 Å². The summed E-state index contributed by atoms with van der Waals surface area (Å²) in [6.07, 6.45) is 2.60. The molecule has 0 bridgehead atoms. The van der Waals surface area contributed by atoms with Gasteiger partial charge in [0.05, 0.1) is 0 Å². The molecule has 0 aliphatic rings. The number of thiophene rings is 1. The third-order valence-corrected chi connectivity index (χ3v) is 3.76. The molecule has 2 heterocycles. The highest BCUT2D eigenvalue weighted by atomic mass is 35.5. The van der Waals surface area contributed by atoms with Crippen molar-refractivity contribution in [2.75, 3.05) is 7.05 Å². The Labute approximate surface area is 130 Å². The number of furan rings is 1. The molecule has 0 saturated heterocycles. The summed E-state index contributed by atoms with van der Waals surface area (Å²) < 4.78 is 5.07. The maximum atomic E-state index is 12.1. The minimum Gasteiger partial charge on any atom is -0.478 e. The summed E-state index contributed by atoms with van der Waals surface area (Å²) >= 11 is 7.05. The molecule has 0 aromatic carbocycles. The average Bonchev–Trinajstić information content (AvgIpc) is 3.04. The number of hydrogen-bond donors (Lipinski definition) is 1. The molecule has 21 heavy (non-hydrogen) atoms. The number of aliphatic carboxylic acids is 1. The van der Waals surface area contributed by atoms with Gasteiger partial charge in [0.2, 0.25) is 0 Å². The Kier molecular flexibility index (Phi) is 4.82. The number of nitrogens with zero attached hydrogens (tertiary/aromatic N) is 1. The van der Waals surface area contributed by atoms with Crippen LogP contribution in [0, 0.1) is 0 Å². The zero-order valence-corrected chi connectivity index (χ0v) is 12.6. The highest BCUT2D eigenvalue weighted by molar-refractivity contribution is 7.11. The third kappa shape index (κ3) is 4.21. The van der Waals surface area contributed by atoms with Gasteiger partial charge in [0.25, 0.3) is 5.91 Å². The van der Waals surface area contributed by atoms with Crippen molar-refractivity contribution in [1.29, 1.82) is 0 Å². The maximum Gasteiger partial charge on any atom is 0.328 e. The first kappa shape index (κ1) is 15.3. The lowest BCUT2D eigenvalue weighted by atomic mass is 10.2. The summed E-state index contributed by atoms with van der Waals surface area (Å²) in [5.74, 6) is -1.08. The van der Waals surface area contributed by atoms with Gasteiger partial charge in [-0.15, -0.1) is 11.3 Å². The monoisotopic (exact) mass is 325 g/mol. The molecule has 0 unspecified atom stereocenters. The van der Waals surface area contributed by atoms with Crippen LogP contribution in [0.5, 0.6) is 0 Å². The summed E-state index contributed by atoms with van der Waals surface area (Å²) in [4.78, 5) is 24.8. The molecule has 0 aliphatic carbocycles. The highest BCUT2D eigenvalue weighted by Crippen LogP contribution is 2.19. The van der Waals surface area contributed by atoms with E-state index < -0.39 is 5.97 Å². The molecular formula is C14H12ClNO4S. The van der Waals surface area contributed by atoms with Crippen LogP contribution in [0.1, 0.15) is 21.0 Å². The Hall–Kier alpha value is -2.05. The van der Waals surface area contributed by atoms with Crippen LogP contribution < -0.4 is 0 Å². The van der Waals surface area contributed by atoms with Crippen LogP contribution >= 0.6 is 22.9 Å². The van der Waals surface area contributed by atoms with Gasteiger partial charge in [0.15, 0.2) is 11.0 Å². The van der Waals surface area contributed by atoms with E-state index >= 15 is 0 Å². The second-order valence-corrected chi connectivity index (χ2v) is 5.61. The summed E-state index contributed by atoms with van der Waals surface area (Å²) in [5, 5.41) is 10.6. The number of carboxylic acid groups (broad SMARTS) is 1. The van der Waals surface area contributed by atoms with Crippen molar-refractivity contribution in [3.8, 4) is 0 Å². The molecule has 0 saturated carbocycles. The van der Waals surface area contributed by atoms with Crippen LogP contribution in [0.4, 0.5) is 0 Å². The van der Waals surface area contributed by atoms with Crippen molar-refractivity contribution < 1.29 is 19.1 Å². The van der Waals surface area contributed by atoms with Gasteiger partial charge in [-0.05, 0) is 46.8 Å². The van der Waals surface area contributed by atoms with E-state index in [1.807, 2.05) is 11.4 Å². The standard InChI is InChI=1S/C14H12ClNO4S/c1-16(14(19)11-3-4-12(15)20-11)7-9-6-10(21-8-9)2-5-13(17)18/h2-6,8H,7H2,1H3,(H,17,18). The summed E-state index contributed by atoms with van der Waals surface area (Å²) in [6, 6.07) is 4.88. The van der Waals surface area contributed by atoms with Crippen LogP contribution in [0.2, 0.25) is 5.22 Å². The molecule has 2 aromatic heterocycles. The molecular weight excluding hydrogens is 314 g/mol. The van der Waals surface area contributed by atoms with Crippen molar-refractivity contribution in [2.24, 2.45) is 0 Å². The van der Waals surface area contributed by atoms with Gasteiger partial charge in [0.1, 0.15) is 0 Å². The molecule has 1 amide bonds. The zero-order valence-electron chi connectivity index (χ0n) is 11.1. The first-order valence-electron chi connectivity index (χ1n) is 5.95. The number of amides is 1. The van der Waals surface area contributed by atoms with Gasteiger partial charge in [-0.3, -0.25) is 4.79 Å². The number of rotatable bonds is 5. The predicted molar refractivity (Wildman–Crippen MR) is 80.5 cm³/mol. The molecule has 0 spiro atoms. The van der Waals surface area contributed by atoms with Crippen LogP contribution in [-0.4, -0.2) is 28.9 Å². The fourth-order valence-corrected chi connectivity index (χ4v) is 2.62. The minimum atomic E-state index is -0.994. The van der Waals surface area contributed by atoms with E-state index in [0.717, 1.165) is 16.5 Å². The number of hydrogen-bond acceptors (Lipinski definition) is 4. The molecule has 5 nitrogen and oxygen atoms in total. The summed E-state index contributed by atoms with van der Waals surface area (Å²) in [6.45, 7) is 0.397. The lowest BCUT2D eigenvalue weighted by molar-refractivity contribution is -0.131. The largest absolute Gasteiger partial charge is 0.478 e. The van der Waals surface area contributed by atoms with Crippen molar-refractivity contribution in [3.63, 3.8) is 0 Å². The SMILES string of the molecule is CN(Cc1csc(C=CC(=O)O)c1)C(=O)c1ccc(Cl)o1. The lowest BCUT2D eigenvalue weighted by Crippen LogP contribution is -2.25. The fraction of sp³-hybridized carbons (Fsp3) is 0.143. The average molecular weight is 326 g/mol. The van der Waals surface area contributed by atoms with Gasteiger partial charge in [-0.1, -0.05) is 0 Å². The van der Waals surface area contributed by atoms with Crippen LogP contribution in [0.25, 0.3) is 6.08 Å². The number of carbonyl (C=O) groups excluding carboxylic acids is 1. The van der Waals surface area contributed by atoms with Crippen LogP contribution in [0.15, 0.2) is 34.1 Å². The van der Waals surface area contributed by atoms with Gasteiger partial charge in [0, 0.05) is 24.5 Å². The second-order valence-electron chi connectivity index (χ2n) is 4.29. The molecule has 0 atom stereocenters. The second kappa shape index (κ2) is 6.60. The van der Waals surface area contributed by atoms with Crippen molar-refractivity contribution in [2.45, 2.75) is 6.54 Å². The minimum absolute atomic E-state index is 0.170. The maximum absolute atomic E-state index is 12.1. The van der Waals surface area contributed by atoms with E-state index in [0.29, 0.717) is 6.54 Å². The molecule has 2 rings (SSSR count). The van der Waals surface area contributed by atoms with Gasteiger partial charge in [-0.2, -0.15) is 0 Å². The van der Waals surface area contributed by atoms with Gasteiger partial charge < -0.3 is 14.4 Å². The summed E-state index contributed by atoms with van der Waals surface area (Å²) in [7, 11) is 1.66. The molecule has 0 fully saturated rings. The first-order chi connectivity index (χ1) is 9.95. The Bertz CT molecular complexity index is 689. The lowest BCUT2D eigenvalue weighted by Gasteiger charge is -2.14. The third-order valence-electron chi connectivity index (χ3n) is 2.61. The molecule has 7 heteroatoms. The van der Waals surface area contributed by atoms with Crippen molar-refractivity contribution in [1.82, 2.24) is 4.90 Å². The molecule has 0 radical (unpaired) electrons. The normalized spacial score (nSPS) is 11.0. The number of carbonyl (C=O) groups is 2. The molecule has 1 N–H and O–H groups in total. The Morgan fingerprint density at radius 3 is 2.86 bits per heavy atom. The molecule has 2 aromatic rings. The van der Waals surface area contributed by atoms with E-state index in [4.69, 9.17) is 21.1 Å². The van der Waals surface area contributed by atoms with Crippen LogP contribution in [0.3, 0.4) is 0 Å². The number of carboxylic acids is 1. The van der Waals surface area contributed by atoms with Crippen molar-refractivity contribution in [3.05, 3.63) is 51.1 Å². The van der Waals surface area contributed by atoms with E-state index in [9.17, 15) is 9.59 Å².